The normalized spacial score (nSPS) is 10.3. The monoisotopic (exact) mass is 288 g/mol. The molecule has 3 nitrogen and oxygen atoms in total. The van der Waals surface area contributed by atoms with Crippen LogP contribution in [0.5, 0.6) is 0 Å². The Hall–Kier alpha value is -1.87. The van der Waals surface area contributed by atoms with Crippen LogP contribution in [0.4, 0.5) is 0 Å². The molecule has 104 valence electrons. The molecule has 2 aromatic rings. The molecule has 1 amide bonds. The summed E-state index contributed by atoms with van der Waals surface area (Å²) in [5.74, 6) is -0.0988. The van der Waals surface area contributed by atoms with Crippen molar-refractivity contribution in [1.82, 2.24) is 9.88 Å². The number of hydrogen-bond donors (Lipinski definition) is 0. The standard InChI is InChI=1S/C16H17ClN2O/c1-3-19(11-13-8-5-4-7-12(13)2)16(20)14-9-6-10-15(17)18-14/h4-10H,3,11H2,1-2H3. The minimum Gasteiger partial charge on any atom is -0.333 e. The van der Waals surface area contributed by atoms with E-state index < -0.39 is 0 Å². The van der Waals surface area contributed by atoms with Gasteiger partial charge in [-0.1, -0.05) is 41.9 Å². The predicted molar refractivity (Wildman–Crippen MR) is 80.8 cm³/mol. The van der Waals surface area contributed by atoms with E-state index in [2.05, 4.69) is 4.98 Å². The molecule has 0 unspecified atom stereocenters. The maximum Gasteiger partial charge on any atom is 0.272 e. The van der Waals surface area contributed by atoms with Gasteiger partial charge in [-0.3, -0.25) is 4.79 Å². The van der Waals surface area contributed by atoms with Crippen LogP contribution in [0, 0.1) is 6.92 Å². The zero-order chi connectivity index (χ0) is 14.5. The molecular weight excluding hydrogens is 272 g/mol. The van der Waals surface area contributed by atoms with E-state index in [0.29, 0.717) is 23.9 Å². The molecule has 0 spiro atoms. The largest absolute Gasteiger partial charge is 0.333 e. The molecule has 0 saturated heterocycles. The molecule has 0 aliphatic carbocycles. The Labute approximate surface area is 124 Å². The molecule has 0 N–H and O–H groups in total. The van der Waals surface area contributed by atoms with Crippen LogP contribution < -0.4 is 0 Å². The first-order valence-corrected chi connectivity index (χ1v) is 6.96. The highest BCUT2D eigenvalue weighted by atomic mass is 35.5. The minimum absolute atomic E-state index is 0.0988. The Bertz CT molecular complexity index is 613. The Morgan fingerprint density at radius 2 is 1.95 bits per heavy atom. The van der Waals surface area contributed by atoms with E-state index >= 15 is 0 Å². The molecular formula is C16H17ClN2O. The van der Waals surface area contributed by atoms with Crippen LogP contribution >= 0.6 is 11.6 Å². The van der Waals surface area contributed by atoms with Gasteiger partial charge in [-0.15, -0.1) is 0 Å². The van der Waals surface area contributed by atoms with Gasteiger partial charge in [-0.25, -0.2) is 4.98 Å². The van der Waals surface area contributed by atoms with Gasteiger partial charge in [0.2, 0.25) is 0 Å². The topological polar surface area (TPSA) is 33.2 Å². The van der Waals surface area contributed by atoms with E-state index in [1.54, 1.807) is 23.1 Å². The van der Waals surface area contributed by atoms with Gasteiger partial charge < -0.3 is 4.90 Å². The summed E-state index contributed by atoms with van der Waals surface area (Å²) < 4.78 is 0. The lowest BCUT2D eigenvalue weighted by atomic mass is 10.1. The third-order valence-corrected chi connectivity index (χ3v) is 3.44. The lowest BCUT2D eigenvalue weighted by Crippen LogP contribution is -2.31. The number of hydrogen-bond acceptors (Lipinski definition) is 2. The zero-order valence-corrected chi connectivity index (χ0v) is 12.4. The molecule has 0 saturated carbocycles. The van der Waals surface area contributed by atoms with E-state index in [4.69, 9.17) is 11.6 Å². The molecule has 0 bridgehead atoms. The van der Waals surface area contributed by atoms with Gasteiger partial charge in [0.25, 0.3) is 5.91 Å². The molecule has 0 atom stereocenters. The van der Waals surface area contributed by atoms with Crippen LogP contribution in [0.2, 0.25) is 5.15 Å². The van der Waals surface area contributed by atoms with E-state index in [1.165, 1.54) is 5.56 Å². The number of rotatable bonds is 4. The van der Waals surface area contributed by atoms with Crippen molar-refractivity contribution in [1.29, 1.82) is 0 Å². The van der Waals surface area contributed by atoms with Crippen molar-refractivity contribution in [3.8, 4) is 0 Å². The van der Waals surface area contributed by atoms with E-state index in [-0.39, 0.29) is 5.91 Å². The maximum absolute atomic E-state index is 12.4. The fourth-order valence-electron chi connectivity index (χ4n) is 2.01. The van der Waals surface area contributed by atoms with E-state index in [0.717, 1.165) is 5.56 Å². The third-order valence-electron chi connectivity index (χ3n) is 3.23. The number of amides is 1. The SMILES string of the molecule is CCN(Cc1ccccc1C)C(=O)c1cccc(Cl)n1. The van der Waals surface area contributed by atoms with Crippen molar-refractivity contribution in [3.05, 3.63) is 64.4 Å². The molecule has 1 aromatic heterocycles. The lowest BCUT2D eigenvalue weighted by molar-refractivity contribution is 0.0746. The fourth-order valence-corrected chi connectivity index (χ4v) is 2.17. The van der Waals surface area contributed by atoms with Crippen LogP contribution in [0.3, 0.4) is 0 Å². The highest BCUT2D eigenvalue weighted by molar-refractivity contribution is 6.29. The summed E-state index contributed by atoms with van der Waals surface area (Å²) in [4.78, 5) is 18.3. The number of aryl methyl sites for hydroxylation is 1. The summed E-state index contributed by atoms with van der Waals surface area (Å²) in [7, 11) is 0. The zero-order valence-electron chi connectivity index (χ0n) is 11.6. The van der Waals surface area contributed by atoms with Crippen LogP contribution in [0.15, 0.2) is 42.5 Å². The quantitative estimate of drug-likeness (QED) is 0.804. The second kappa shape index (κ2) is 6.53. The summed E-state index contributed by atoms with van der Waals surface area (Å²) in [6.45, 7) is 5.21. The smallest absolute Gasteiger partial charge is 0.272 e. The molecule has 0 fully saturated rings. The number of benzene rings is 1. The minimum atomic E-state index is -0.0988. The van der Waals surface area contributed by atoms with Gasteiger partial charge in [0, 0.05) is 13.1 Å². The average Bonchev–Trinajstić information content (AvgIpc) is 2.46. The first-order chi connectivity index (χ1) is 9.61. The molecule has 0 aliphatic heterocycles. The number of aromatic nitrogens is 1. The van der Waals surface area contributed by atoms with Crippen LogP contribution in [0.1, 0.15) is 28.5 Å². The van der Waals surface area contributed by atoms with Gasteiger partial charge in [0.15, 0.2) is 0 Å². The van der Waals surface area contributed by atoms with E-state index in [9.17, 15) is 4.79 Å². The Morgan fingerprint density at radius 1 is 1.20 bits per heavy atom. The van der Waals surface area contributed by atoms with Crippen LogP contribution in [-0.2, 0) is 6.54 Å². The van der Waals surface area contributed by atoms with Gasteiger partial charge in [0.1, 0.15) is 10.8 Å². The number of carbonyl (C=O) groups excluding carboxylic acids is 1. The van der Waals surface area contributed by atoms with Crippen LogP contribution in [0.25, 0.3) is 0 Å². The highest BCUT2D eigenvalue weighted by Gasteiger charge is 2.16. The summed E-state index contributed by atoms with van der Waals surface area (Å²) in [5, 5.41) is 0.336. The Kier molecular flexibility index (Phi) is 4.74. The molecule has 1 aromatic carbocycles. The number of carbonyl (C=O) groups is 1. The van der Waals surface area contributed by atoms with Crippen molar-refractivity contribution in [2.45, 2.75) is 20.4 Å². The molecule has 4 heteroatoms. The van der Waals surface area contributed by atoms with Gasteiger partial charge in [-0.05, 0) is 37.1 Å². The van der Waals surface area contributed by atoms with Crippen molar-refractivity contribution in [2.75, 3.05) is 6.54 Å². The van der Waals surface area contributed by atoms with Crippen molar-refractivity contribution in [2.24, 2.45) is 0 Å². The third kappa shape index (κ3) is 3.36. The molecule has 1 heterocycles. The second-order valence-corrected chi connectivity index (χ2v) is 4.98. The lowest BCUT2D eigenvalue weighted by Gasteiger charge is -2.21. The summed E-state index contributed by atoms with van der Waals surface area (Å²) in [6.07, 6.45) is 0. The average molecular weight is 289 g/mol. The van der Waals surface area contributed by atoms with Crippen LogP contribution in [-0.4, -0.2) is 22.3 Å². The number of nitrogens with zero attached hydrogens (tertiary/aromatic N) is 2. The summed E-state index contributed by atoms with van der Waals surface area (Å²) in [6, 6.07) is 13.2. The molecule has 0 aliphatic rings. The van der Waals surface area contributed by atoms with Gasteiger partial charge in [0.05, 0.1) is 0 Å². The highest BCUT2D eigenvalue weighted by Crippen LogP contribution is 2.13. The first-order valence-electron chi connectivity index (χ1n) is 6.58. The summed E-state index contributed by atoms with van der Waals surface area (Å²) in [5.41, 5.74) is 2.70. The van der Waals surface area contributed by atoms with Gasteiger partial charge in [-0.2, -0.15) is 0 Å². The van der Waals surface area contributed by atoms with Crippen molar-refractivity contribution in [3.63, 3.8) is 0 Å². The number of pyridine rings is 1. The molecule has 20 heavy (non-hydrogen) atoms. The number of halogens is 1. The molecule has 0 radical (unpaired) electrons. The Morgan fingerprint density at radius 3 is 2.60 bits per heavy atom. The van der Waals surface area contributed by atoms with E-state index in [1.807, 2.05) is 38.1 Å². The second-order valence-electron chi connectivity index (χ2n) is 4.59. The summed E-state index contributed by atoms with van der Waals surface area (Å²) >= 11 is 5.84. The fraction of sp³-hybridized carbons (Fsp3) is 0.250. The van der Waals surface area contributed by atoms with Gasteiger partial charge >= 0.3 is 0 Å². The maximum atomic E-state index is 12.4. The van der Waals surface area contributed by atoms with Crippen molar-refractivity contribution >= 4 is 17.5 Å². The molecule has 2 rings (SSSR count). The predicted octanol–water partition coefficient (Wildman–Crippen LogP) is 3.71. The van der Waals surface area contributed by atoms with Crippen molar-refractivity contribution < 1.29 is 4.79 Å². The Balaban J connectivity index is 2.20. The first kappa shape index (κ1) is 14.5.